The van der Waals surface area contributed by atoms with Crippen molar-refractivity contribution in [3.63, 3.8) is 0 Å². The van der Waals surface area contributed by atoms with Gasteiger partial charge in [-0.2, -0.15) is 5.10 Å². The maximum atomic E-state index is 12.3. The Morgan fingerprint density at radius 3 is 3.04 bits per heavy atom. The molecule has 8 heteroatoms. The van der Waals surface area contributed by atoms with Crippen LogP contribution in [0.4, 0.5) is 5.69 Å². The van der Waals surface area contributed by atoms with Crippen LogP contribution in [-0.4, -0.2) is 46.2 Å². The molecule has 1 unspecified atom stereocenters. The van der Waals surface area contributed by atoms with Crippen LogP contribution in [-0.2, 0) is 11.3 Å². The summed E-state index contributed by atoms with van der Waals surface area (Å²) in [6.45, 7) is 4.71. The van der Waals surface area contributed by atoms with Crippen molar-refractivity contribution in [2.75, 3.05) is 25.5 Å². The number of amides is 1. The summed E-state index contributed by atoms with van der Waals surface area (Å²) in [5, 5.41) is 10.5. The largest absolute Gasteiger partial charge is 0.495 e. The normalized spacial score (nSPS) is 17.7. The Bertz CT molecular complexity index is 779. The minimum atomic E-state index is 0.0120. The molecule has 1 aromatic carbocycles. The predicted octanol–water partition coefficient (Wildman–Crippen LogP) is 3.41. The Morgan fingerprint density at radius 1 is 1.48 bits per heavy atom. The second-order valence-corrected chi connectivity index (χ2v) is 7.42. The number of aromatic nitrogens is 3. The van der Waals surface area contributed by atoms with Crippen LogP contribution in [0.15, 0.2) is 18.2 Å². The molecule has 0 saturated carbocycles. The summed E-state index contributed by atoms with van der Waals surface area (Å²) in [4.78, 5) is 19.0. The quantitative estimate of drug-likeness (QED) is 0.755. The van der Waals surface area contributed by atoms with Crippen molar-refractivity contribution in [3.05, 3.63) is 34.9 Å². The highest BCUT2D eigenvalue weighted by Gasteiger charge is 2.21. The molecule has 7 nitrogen and oxygen atoms in total. The lowest BCUT2D eigenvalue weighted by atomic mass is 9.93. The fraction of sp³-hybridized carbons (Fsp3) is 0.526. The highest BCUT2D eigenvalue weighted by atomic mass is 35.5. The van der Waals surface area contributed by atoms with E-state index in [1.54, 1.807) is 25.3 Å². The smallest absolute Gasteiger partial charge is 0.224 e. The van der Waals surface area contributed by atoms with Crippen LogP contribution in [0.25, 0.3) is 0 Å². The van der Waals surface area contributed by atoms with Crippen LogP contribution in [0.5, 0.6) is 5.75 Å². The number of likely N-dealkylation sites (tertiary alicyclic amines) is 1. The number of halogens is 1. The fourth-order valence-corrected chi connectivity index (χ4v) is 3.75. The van der Waals surface area contributed by atoms with Gasteiger partial charge in [-0.25, -0.2) is 4.98 Å². The van der Waals surface area contributed by atoms with E-state index in [1.807, 2.05) is 6.92 Å². The zero-order chi connectivity index (χ0) is 19.2. The monoisotopic (exact) mass is 391 g/mol. The minimum absolute atomic E-state index is 0.0120. The number of rotatable bonds is 7. The van der Waals surface area contributed by atoms with Crippen molar-refractivity contribution in [1.82, 2.24) is 20.1 Å². The minimum Gasteiger partial charge on any atom is -0.495 e. The number of anilines is 1. The Hall–Kier alpha value is -2.12. The molecule has 27 heavy (non-hydrogen) atoms. The number of ether oxygens (including phenoxy) is 1. The summed E-state index contributed by atoms with van der Waals surface area (Å²) in [6.07, 6.45) is 3.68. The zero-order valence-electron chi connectivity index (χ0n) is 15.8. The summed E-state index contributed by atoms with van der Waals surface area (Å²) in [5.41, 5.74) is 0.691. The fourth-order valence-electron chi connectivity index (χ4n) is 3.49. The van der Waals surface area contributed by atoms with E-state index in [0.29, 0.717) is 28.8 Å². The molecule has 1 aliphatic rings. The summed E-state index contributed by atoms with van der Waals surface area (Å²) in [5.74, 6) is 2.80. The highest BCUT2D eigenvalue weighted by Crippen LogP contribution is 2.27. The lowest BCUT2D eigenvalue weighted by molar-refractivity contribution is -0.116. The van der Waals surface area contributed by atoms with E-state index in [0.717, 1.165) is 50.5 Å². The van der Waals surface area contributed by atoms with E-state index in [-0.39, 0.29) is 5.91 Å². The summed E-state index contributed by atoms with van der Waals surface area (Å²) in [6, 6.07) is 5.26. The first-order chi connectivity index (χ1) is 13.0. The van der Waals surface area contributed by atoms with E-state index in [1.165, 1.54) is 0 Å². The SMILES string of the molecule is COc1ccc(NC(=O)CCC2CCCN(Cc3n[nH]c(C)n3)C2)cc1Cl. The number of carbonyl (C=O) groups is 1. The van der Waals surface area contributed by atoms with Gasteiger partial charge in [0, 0.05) is 18.7 Å². The van der Waals surface area contributed by atoms with E-state index in [9.17, 15) is 4.79 Å². The topological polar surface area (TPSA) is 83.1 Å². The molecule has 1 amide bonds. The average molecular weight is 392 g/mol. The molecule has 1 saturated heterocycles. The molecule has 1 aromatic heterocycles. The van der Waals surface area contributed by atoms with Gasteiger partial charge in [0.2, 0.25) is 5.91 Å². The lowest BCUT2D eigenvalue weighted by Gasteiger charge is -2.31. The van der Waals surface area contributed by atoms with Crippen molar-refractivity contribution in [3.8, 4) is 5.75 Å². The van der Waals surface area contributed by atoms with Crippen molar-refractivity contribution in [1.29, 1.82) is 0 Å². The Labute approximate surface area is 164 Å². The molecule has 2 N–H and O–H groups in total. The number of benzene rings is 1. The second-order valence-electron chi connectivity index (χ2n) is 7.02. The zero-order valence-corrected chi connectivity index (χ0v) is 16.6. The number of nitrogens with one attached hydrogen (secondary N) is 2. The van der Waals surface area contributed by atoms with Gasteiger partial charge in [0.15, 0.2) is 5.82 Å². The molecule has 0 spiro atoms. The number of aryl methyl sites for hydroxylation is 1. The third-order valence-electron chi connectivity index (χ3n) is 4.83. The first-order valence-corrected chi connectivity index (χ1v) is 9.65. The molecule has 146 valence electrons. The highest BCUT2D eigenvalue weighted by molar-refractivity contribution is 6.32. The van der Waals surface area contributed by atoms with Gasteiger partial charge in [-0.1, -0.05) is 11.6 Å². The van der Waals surface area contributed by atoms with Crippen molar-refractivity contribution >= 4 is 23.2 Å². The van der Waals surface area contributed by atoms with Crippen LogP contribution < -0.4 is 10.1 Å². The first kappa shape index (κ1) is 19.6. The Balaban J connectivity index is 1.44. The molecule has 2 heterocycles. The number of H-pyrrole nitrogens is 1. The van der Waals surface area contributed by atoms with Crippen LogP contribution in [0.1, 0.15) is 37.3 Å². The molecule has 3 rings (SSSR count). The van der Waals surface area contributed by atoms with Crippen molar-refractivity contribution in [2.24, 2.45) is 5.92 Å². The van der Waals surface area contributed by atoms with E-state index < -0.39 is 0 Å². The van der Waals surface area contributed by atoms with Gasteiger partial charge in [0.25, 0.3) is 0 Å². The Morgan fingerprint density at radius 2 is 2.33 bits per heavy atom. The van der Waals surface area contributed by atoms with Gasteiger partial charge in [0.05, 0.1) is 18.7 Å². The van der Waals surface area contributed by atoms with Gasteiger partial charge >= 0.3 is 0 Å². The summed E-state index contributed by atoms with van der Waals surface area (Å²) >= 11 is 6.10. The van der Waals surface area contributed by atoms with Crippen molar-refractivity contribution in [2.45, 2.75) is 39.2 Å². The number of hydrogen-bond acceptors (Lipinski definition) is 5. The van der Waals surface area contributed by atoms with Crippen LogP contribution in [0, 0.1) is 12.8 Å². The third-order valence-corrected chi connectivity index (χ3v) is 5.12. The number of piperidine rings is 1. The van der Waals surface area contributed by atoms with Crippen molar-refractivity contribution < 1.29 is 9.53 Å². The average Bonchev–Trinajstić information content (AvgIpc) is 3.05. The molecular formula is C19H26ClN5O2. The maximum Gasteiger partial charge on any atom is 0.224 e. The molecule has 1 atom stereocenters. The molecule has 1 fully saturated rings. The van der Waals surface area contributed by atoms with Gasteiger partial charge in [-0.15, -0.1) is 0 Å². The molecule has 0 aliphatic carbocycles. The van der Waals surface area contributed by atoms with E-state index >= 15 is 0 Å². The lowest BCUT2D eigenvalue weighted by Crippen LogP contribution is -2.35. The van der Waals surface area contributed by atoms with Gasteiger partial charge in [0.1, 0.15) is 11.6 Å². The van der Waals surface area contributed by atoms with E-state index in [4.69, 9.17) is 16.3 Å². The third kappa shape index (κ3) is 5.68. The van der Waals surface area contributed by atoms with E-state index in [2.05, 4.69) is 25.4 Å². The number of hydrogen-bond donors (Lipinski definition) is 2. The molecule has 0 radical (unpaired) electrons. The number of aromatic amines is 1. The van der Waals surface area contributed by atoms with Crippen LogP contribution in [0.3, 0.4) is 0 Å². The predicted molar refractivity (Wildman–Crippen MR) is 105 cm³/mol. The molecular weight excluding hydrogens is 366 g/mol. The Kier molecular flexibility index (Phi) is 6.68. The second kappa shape index (κ2) is 9.19. The number of nitrogens with zero attached hydrogens (tertiary/aromatic N) is 3. The molecule has 0 bridgehead atoms. The van der Waals surface area contributed by atoms with Crippen LogP contribution in [0.2, 0.25) is 5.02 Å². The maximum absolute atomic E-state index is 12.3. The van der Waals surface area contributed by atoms with Gasteiger partial charge < -0.3 is 10.1 Å². The molecule has 1 aliphatic heterocycles. The first-order valence-electron chi connectivity index (χ1n) is 9.27. The number of methoxy groups -OCH3 is 1. The van der Waals surface area contributed by atoms with Crippen LogP contribution >= 0.6 is 11.6 Å². The number of carbonyl (C=O) groups excluding carboxylic acids is 1. The standard InChI is InChI=1S/C19H26ClN5O2/c1-13-21-18(24-23-13)12-25-9-3-4-14(11-25)5-8-19(26)22-15-6-7-17(27-2)16(20)10-15/h6-7,10,14H,3-5,8-9,11-12H2,1-2H3,(H,22,26)(H,21,23,24). The summed E-state index contributed by atoms with van der Waals surface area (Å²) in [7, 11) is 1.57. The van der Waals surface area contributed by atoms with Gasteiger partial charge in [-0.05, 0) is 56.8 Å². The van der Waals surface area contributed by atoms with Gasteiger partial charge in [-0.3, -0.25) is 14.8 Å². The molecule has 2 aromatic rings. The summed E-state index contributed by atoms with van der Waals surface area (Å²) < 4.78 is 5.13.